The Balaban J connectivity index is 1.93. The van der Waals surface area contributed by atoms with Crippen molar-refractivity contribution in [1.29, 1.82) is 0 Å². The van der Waals surface area contributed by atoms with E-state index in [-0.39, 0.29) is 0 Å². The average Bonchev–Trinajstić information content (AvgIpc) is 2.43. The van der Waals surface area contributed by atoms with Crippen molar-refractivity contribution in [3.63, 3.8) is 0 Å². The van der Waals surface area contributed by atoms with Crippen LogP contribution in [0.2, 0.25) is 0 Å². The molecule has 0 aromatic rings. The van der Waals surface area contributed by atoms with Gasteiger partial charge in [-0.1, -0.05) is 0 Å². The van der Waals surface area contributed by atoms with Crippen molar-refractivity contribution in [1.82, 2.24) is 0 Å². The van der Waals surface area contributed by atoms with E-state index in [1.54, 1.807) is 0 Å². The third-order valence-electron chi connectivity index (χ3n) is 2.49. The molecule has 1 saturated heterocycles. The van der Waals surface area contributed by atoms with Crippen LogP contribution in [0.15, 0.2) is 0 Å². The lowest BCUT2D eigenvalue weighted by Crippen LogP contribution is -3.08. The largest absolute Gasteiger partial charge is 0.468 e. The summed E-state index contributed by atoms with van der Waals surface area (Å²) in [4.78, 5) is 1.50. The molecule has 2 fully saturated rings. The molecule has 3 unspecified atom stereocenters. The van der Waals surface area contributed by atoms with Crippen molar-refractivity contribution in [3.8, 4) is 0 Å². The zero-order valence-electron chi connectivity index (χ0n) is 5.19. The molecule has 46 valence electrons. The van der Waals surface area contributed by atoms with Gasteiger partial charge >= 0.3 is 0 Å². The van der Waals surface area contributed by atoms with Gasteiger partial charge in [-0.05, 0) is 18.8 Å². The number of nitrogens with one attached hydrogen (secondary N) is 1. The lowest BCUT2D eigenvalue weighted by molar-refractivity contribution is -0.860. The Morgan fingerprint density at radius 2 is 2.25 bits per heavy atom. The van der Waals surface area contributed by atoms with Gasteiger partial charge in [0, 0.05) is 5.92 Å². The Labute approximate surface area is 50.7 Å². The number of hydrogen-bond acceptors (Lipinski definition) is 0. The highest BCUT2D eigenvalue weighted by atomic mass is 15.1. The maximum atomic E-state index is 3.99. The molecule has 0 aromatic carbocycles. The molecule has 0 amide bonds. The summed E-state index contributed by atoms with van der Waals surface area (Å²) in [7, 11) is 3.99. The summed E-state index contributed by atoms with van der Waals surface area (Å²) < 4.78 is 0. The first-order valence-corrected chi connectivity index (χ1v) is 3.53. The van der Waals surface area contributed by atoms with Crippen molar-refractivity contribution in [2.24, 2.45) is 11.8 Å². The molecule has 1 heterocycles. The molecule has 1 aliphatic heterocycles. The number of fused-ring (bicyclic) bond motifs is 1. The Hall–Kier alpha value is -0.0400. The van der Waals surface area contributed by atoms with Crippen LogP contribution in [0.1, 0.15) is 12.8 Å². The normalized spacial score (nSPS) is 52.9. The van der Waals surface area contributed by atoms with Gasteiger partial charge in [0.15, 0.2) is 0 Å². The van der Waals surface area contributed by atoms with Crippen LogP contribution in [0.25, 0.3) is 0 Å². The Kier molecular flexibility index (Phi) is 0.884. The van der Waals surface area contributed by atoms with E-state index in [4.69, 9.17) is 0 Å². The second-order valence-corrected chi connectivity index (χ2v) is 3.25. The van der Waals surface area contributed by atoms with Gasteiger partial charge < -0.3 is 4.90 Å². The van der Waals surface area contributed by atoms with E-state index < -0.39 is 0 Å². The van der Waals surface area contributed by atoms with E-state index in [0.29, 0.717) is 0 Å². The summed E-state index contributed by atoms with van der Waals surface area (Å²) >= 11 is 0. The minimum Gasteiger partial charge on any atom is -0.468 e. The number of rotatable bonds is 0. The number of likely N-dealkylation sites (tertiary alicyclic amines) is 1. The fourth-order valence-corrected chi connectivity index (χ4v) is 1.78. The van der Waals surface area contributed by atoms with Crippen molar-refractivity contribution >= 4 is 0 Å². The first-order chi connectivity index (χ1) is 3.86. The maximum absolute atomic E-state index is 3.99. The minimum absolute atomic E-state index is 1.08. The van der Waals surface area contributed by atoms with E-state index in [1.807, 2.05) is 0 Å². The molecule has 2 rings (SSSR count). The van der Waals surface area contributed by atoms with Crippen LogP contribution in [-0.4, -0.2) is 13.1 Å². The van der Waals surface area contributed by atoms with Gasteiger partial charge in [-0.2, -0.15) is 7.05 Å². The smallest absolute Gasteiger partial charge is 0.0561 e. The molecule has 3 atom stereocenters. The fraction of sp³-hybridized carbons (Fsp3) is 0.857. The van der Waals surface area contributed by atoms with Gasteiger partial charge in [-0.3, -0.25) is 0 Å². The first kappa shape index (κ1) is 4.80. The van der Waals surface area contributed by atoms with Crippen LogP contribution in [0.4, 0.5) is 0 Å². The monoisotopic (exact) mass is 111 g/mol. The molecular weight excluding hydrogens is 98.1 g/mol. The number of piperidine rings is 1. The Morgan fingerprint density at radius 3 is 2.88 bits per heavy atom. The van der Waals surface area contributed by atoms with Crippen molar-refractivity contribution in [3.05, 3.63) is 7.05 Å². The molecular formula is C7H13N. The van der Waals surface area contributed by atoms with Gasteiger partial charge in [0.2, 0.25) is 0 Å². The fourth-order valence-electron chi connectivity index (χ4n) is 1.78. The van der Waals surface area contributed by atoms with Gasteiger partial charge in [-0.15, -0.1) is 0 Å². The summed E-state index contributed by atoms with van der Waals surface area (Å²) in [5, 5.41) is 0. The van der Waals surface area contributed by atoms with Crippen molar-refractivity contribution in [2.75, 3.05) is 13.1 Å². The summed E-state index contributed by atoms with van der Waals surface area (Å²) in [5.74, 6) is 2.21. The SMILES string of the molecule is [CH2-][NH+]1CCC2CC2C1. The Morgan fingerprint density at radius 1 is 1.38 bits per heavy atom. The van der Waals surface area contributed by atoms with E-state index in [0.717, 1.165) is 11.8 Å². The molecule has 0 spiro atoms. The molecule has 1 nitrogen and oxygen atoms in total. The molecule has 2 aliphatic rings. The predicted octanol–water partition coefficient (Wildman–Crippen LogP) is -0.297. The quantitative estimate of drug-likeness (QED) is 0.409. The molecule has 1 saturated carbocycles. The van der Waals surface area contributed by atoms with Crippen LogP contribution in [0.3, 0.4) is 0 Å². The molecule has 1 heteroatoms. The van der Waals surface area contributed by atoms with Crippen molar-refractivity contribution in [2.45, 2.75) is 12.8 Å². The zero-order valence-corrected chi connectivity index (χ0v) is 5.19. The van der Waals surface area contributed by atoms with E-state index in [1.165, 1.54) is 30.8 Å². The van der Waals surface area contributed by atoms with Crippen molar-refractivity contribution < 1.29 is 4.90 Å². The summed E-state index contributed by atoms with van der Waals surface area (Å²) in [5.41, 5.74) is 0. The molecule has 8 heavy (non-hydrogen) atoms. The first-order valence-electron chi connectivity index (χ1n) is 3.53. The Bertz CT molecular complexity index is 101. The molecule has 0 aromatic heterocycles. The summed E-state index contributed by atoms with van der Waals surface area (Å²) in [6.07, 6.45) is 2.96. The van der Waals surface area contributed by atoms with Crippen LogP contribution in [-0.2, 0) is 0 Å². The van der Waals surface area contributed by atoms with E-state index in [2.05, 4.69) is 7.05 Å². The van der Waals surface area contributed by atoms with E-state index in [9.17, 15) is 0 Å². The minimum atomic E-state index is 1.08. The third kappa shape index (κ3) is 0.655. The lowest BCUT2D eigenvalue weighted by Gasteiger charge is -2.24. The maximum Gasteiger partial charge on any atom is 0.0561 e. The topological polar surface area (TPSA) is 4.44 Å². The summed E-state index contributed by atoms with van der Waals surface area (Å²) in [6, 6.07) is 0. The zero-order chi connectivity index (χ0) is 5.56. The van der Waals surface area contributed by atoms with Gasteiger partial charge in [0.25, 0.3) is 0 Å². The molecule has 0 bridgehead atoms. The van der Waals surface area contributed by atoms with Gasteiger partial charge in [0.05, 0.1) is 13.1 Å². The number of quaternary nitrogens is 1. The molecule has 0 radical (unpaired) electrons. The highest BCUT2D eigenvalue weighted by molar-refractivity contribution is 4.87. The second kappa shape index (κ2) is 1.47. The van der Waals surface area contributed by atoms with Gasteiger partial charge in [0.1, 0.15) is 0 Å². The second-order valence-electron chi connectivity index (χ2n) is 3.25. The molecule has 1 N–H and O–H groups in total. The average molecular weight is 111 g/mol. The summed E-state index contributed by atoms with van der Waals surface area (Å²) in [6.45, 7) is 2.67. The van der Waals surface area contributed by atoms with Crippen LogP contribution in [0, 0.1) is 18.9 Å². The standard InChI is InChI=1S/C7H13N/c1-8-3-2-6-4-7(6)5-8/h6-8H,1-5H2. The molecule has 1 aliphatic carbocycles. The van der Waals surface area contributed by atoms with Gasteiger partial charge in [-0.25, -0.2) is 0 Å². The number of hydrogen-bond donors (Lipinski definition) is 1. The van der Waals surface area contributed by atoms with Crippen LogP contribution >= 0.6 is 0 Å². The predicted molar refractivity (Wildman–Crippen MR) is 32.3 cm³/mol. The highest BCUT2D eigenvalue weighted by Gasteiger charge is 2.41. The third-order valence-corrected chi connectivity index (χ3v) is 2.49. The van der Waals surface area contributed by atoms with Crippen LogP contribution in [0.5, 0.6) is 0 Å². The lowest BCUT2D eigenvalue weighted by atomic mass is 10.1. The highest BCUT2D eigenvalue weighted by Crippen LogP contribution is 2.40. The van der Waals surface area contributed by atoms with Crippen LogP contribution < -0.4 is 4.90 Å². The van der Waals surface area contributed by atoms with E-state index >= 15 is 0 Å².